The highest BCUT2D eigenvalue weighted by atomic mass is 16.5. The van der Waals surface area contributed by atoms with Gasteiger partial charge in [-0.05, 0) is 19.1 Å². The van der Waals surface area contributed by atoms with E-state index in [4.69, 9.17) is 14.6 Å². The molecule has 6 nitrogen and oxygen atoms in total. The molecule has 0 saturated heterocycles. The van der Waals surface area contributed by atoms with Crippen LogP contribution in [0.15, 0.2) is 24.3 Å². The smallest absolute Gasteiger partial charge is 0.326 e. The zero-order valence-electron chi connectivity index (χ0n) is 10.7. The molecule has 0 bridgehead atoms. The van der Waals surface area contributed by atoms with Crippen LogP contribution in [-0.4, -0.2) is 36.7 Å². The summed E-state index contributed by atoms with van der Waals surface area (Å²) in [5, 5.41) is 11.1. The van der Waals surface area contributed by atoms with Crippen molar-refractivity contribution in [2.24, 2.45) is 0 Å². The molecule has 0 aliphatic carbocycles. The Morgan fingerprint density at radius 3 is 2.53 bits per heavy atom. The maximum Gasteiger partial charge on any atom is 0.326 e. The van der Waals surface area contributed by atoms with Gasteiger partial charge in [0.1, 0.15) is 6.04 Å². The third-order valence-electron chi connectivity index (χ3n) is 2.38. The lowest BCUT2D eigenvalue weighted by molar-refractivity contribution is -0.140. The summed E-state index contributed by atoms with van der Waals surface area (Å²) in [4.78, 5) is 21.1. The molecule has 0 aliphatic heterocycles. The second-order valence-electron chi connectivity index (χ2n) is 3.69. The number of carboxylic acids is 1. The van der Waals surface area contributed by atoms with Crippen molar-refractivity contribution in [3.63, 3.8) is 0 Å². The fourth-order valence-corrected chi connectivity index (χ4v) is 1.49. The Kier molecular flexibility index (Phi) is 6.21. The molecule has 1 atom stereocenters. The van der Waals surface area contributed by atoms with Crippen molar-refractivity contribution in [2.75, 3.05) is 13.2 Å². The number of aliphatic carboxylic acids is 1. The maximum atomic E-state index is 10.8. The van der Waals surface area contributed by atoms with Crippen molar-refractivity contribution < 1.29 is 24.2 Å². The quantitative estimate of drug-likeness (QED) is 0.653. The Bertz CT molecular complexity index is 421. The Morgan fingerprint density at radius 1 is 1.37 bits per heavy atom. The van der Waals surface area contributed by atoms with Gasteiger partial charge in [-0.3, -0.25) is 4.79 Å². The Labute approximate surface area is 111 Å². The van der Waals surface area contributed by atoms with E-state index in [1.54, 1.807) is 18.2 Å². The summed E-state index contributed by atoms with van der Waals surface area (Å²) in [5.41, 5.74) is 0. The molecule has 2 N–H and O–H groups in total. The van der Waals surface area contributed by atoms with Crippen LogP contribution in [0.3, 0.4) is 0 Å². The van der Waals surface area contributed by atoms with E-state index in [9.17, 15) is 9.59 Å². The van der Waals surface area contributed by atoms with Gasteiger partial charge in [0, 0.05) is 6.42 Å². The minimum Gasteiger partial charge on any atom is -0.490 e. The molecule has 19 heavy (non-hydrogen) atoms. The third kappa shape index (κ3) is 4.87. The van der Waals surface area contributed by atoms with Crippen molar-refractivity contribution in [2.45, 2.75) is 19.4 Å². The number of carboxylic acid groups (broad SMARTS) is 1. The van der Waals surface area contributed by atoms with Crippen molar-refractivity contribution >= 4 is 12.4 Å². The molecule has 104 valence electrons. The standard InChI is InChI=1S/C13H17NO5/c1-2-18-11-5-3-4-6-12(11)19-8-7-10(13(16)17)14-9-15/h3-6,9-10H,2,7-8H2,1H3,(H,14,15)(H,16,17). The van der Waals surface area contributed by atoms with Crippen LogP contribution in [0.25, 0.3) is 0 Å². The van der Waals surface area contributed by atoms with Crippen LogP contribution in [-0.2, 0) is 9.59 Å². The van der Waals surface area contributed by atoms with Gasteiger partial charge in [0.25, 0.3) is 0 Å². The SMILES string of the molecule is CCOc1ccccc1OCCC(NC=O)C(=O)O. The zero-order valence-corrected chi connectivity index (χ0v) is 10.7. The third-order valence-corrected chi connectivity index (χ3v) is 2.38. The minimum atomic E-state index is -1.09. The average Bonchev–Trinajstić information content (AvgIpc) is 2.40. The Hall–Kier alpha value is -2.24. The molecule has 1 aromatic rings. The maximum absolute atomic E-state index is 10.8. The molecule has 0 fully saturated rings. The van der Waals surface area contributed by atoms with Gasteiger partial charge in [0.15, 0.2) is 11.5 Å². The van der Waals surface area contributed by atoms with Gasteiger partial charge < -0.3 is 19.9 Å². The number of nitrogens with one attached hydrogen (secondary N) is 1. The van der Waals surface area contributed by atoms with E-state index in [1.165, 1.54) is 0 Å². The number of rotatable bonds is 9. The zero-order chi connectivity index (χ0) is 14.1. The predicted molar refractivity (Wildman–Crippen MR) is 68.3 cm³/mol. The van der Waals surface area contributed by atoms with Crippen LogP contribution in [0.4, 0.5) is 0 Å². The van der Waals surface area contributed by atoms with Gasteiger partial charge >= 0.3 is 5.97 Å². The number of carbonyl (C=O) groups excluding carboxylic acids is 1. The normalized spacial score (nSPS) is 11.4. The summed E-state index contributed by atoms with van der Waals surface area (Å²) in [5.74, 6) is 0.0774. The van der Waals surface area contributed by atoms with Crippen molar-refractivity contribution in [1.82, 2.24) is 5.32 Å². The Morgan fingerprint density at radius 2 is 2.00 bits per heavy atom. The molecular formula is C13H17NO5. The molecule has 0 heterocycles. The lowest BCUT2D eigenvalue weighted by atomic mass is 10.2. The molecule has 0 aromatic heterocycles. The molecule has 1 aromatic carbocycles. The molecule has 0 spiro atoms. The largest absolute Gasteiger partial charge is 0.490 e. The average molecular weight is 267 g/mol. The predicted octanol–water partition coefficient (Wildman–Crippen LogP) is 1.05. The van der Waals surface area contributed by atoms with Crippen molar-refractivity contribution in [3.8, 4) is 11.5 Å². The summed E-state index contributed by atoms with van der Waals surface area (Å²) in [6.45, 7) is 2.55. The van der Waals surface area contributed by atoms with E-state index < -0.39 is 12.0 Å². The molecule has 1 unspecified atom stereocenters. The molecule has 1 amide bonds. The first-order valence-electron chi connectivity index (χ1n) is 5.96. The molecule has 0 saturated carbocycles. The molecule has 1 rings (SSSR count). The summed E-state index contributed by atoms with van der Waals surface area (Å²) in [6.07, 6.45) is 0.543. The van der Waals surface area contributed by atoms with E-state index in [0.29, 0.717) is 24.5 Å². The lowest BCUT2D eigenvalue weighted by Crippen LogP contribution is -2.36. The van der Waals surface area contributed by atoms with Crippen LogP contribution in [0.2, 0.25) is 0 Å². The van der Waals surface area contributed by atoms with Crippen LogP contribution in [0.5, 0.6) is 11.5 Å². The van der Waals surface area contributed by atoms with Gasteiger partial charge in [-0.15, -0.1) is 0 Å². The molecular weight excluding hydrogens is 250 g/mol. The fourth-order valence-electron chi connectivity index (χ4n) is 1.49. The van der Waals surface area contributed by atoms with Crippen LogP contribution in [0, 0.1) is 0 Å². The summed E-state index contributed by atoms with van der Waals surface area (Å²) >= 11 is 0. The summed E-state index contributed by atoms with van der Waals surface area (Å²) in [6, 6.07) is 6.20. The van der Waals surface area contributed by atoms with E-state index >= 15 is 0 Å². The van der Waals surface area contributed by atoms with Gasteiger partial charge in [0.05, 0.1) is 13.2 Å². The first-order valence-corrected chi connectivity index (χ1v) is 5.96. The van der Waals surface area contributed by atoms with Gasteiger partial charge in [-0.2, -0.15) is 0 Å². The van der Waals surface area contributed by atoms with E-state index in [1.807, 2.05) is 13.0 Å². The van der Waals surface area contributed by atoms with E-state index in [-0.39, 0.29) is 13.0 Å². The molecule has 0 radical (unpaired) electrons. The number of hydrogen-bond acceptors (Lipinski definition) is 4. The first kappa shape index (κ1) is 14.8. The molecule has 6 heteroatoms. The fraction of sp³-hybridized carbons (Fsp3) is 0.385. The van der Waals surface area contributed by atoms with Gasteiger partial charge in [-0.25, -0.2) is 4.79 Å². The topological polar surface area (TPSA) is 84.9 Å². The number of amides is 1. The first-order chi connectivity index (χ1) is 9.19. The van der Waals surface area contributed by atoms with Crippen LogP contribution < -0.4 is 14.8 Å². The minimum absolute atomic E-state index is 0.169. The highest BCUT2D eigenvalue weighted by Crippen LogP contribution is 2.26. The number of para-hydroxylation sites is 2. The van der Waals surface area contributed by atoms with Gasteiger partial charge in [-0.1, -0.05) is 12.1 Å². The van der Waals surface area contributed by atoms with Crippen LogP contribution >= 0.6 is 0 Å². The summed E-state index contributed by atoms with van der Waals surface area (Å²) in [7, 11) is 0. The van der Waals surface area contributed by atoms with Crippen molar-refractivity contribution in [1.29, 1.82) is 0 Å². The van der Waals surface area contributed by atoms with E-state index in [2.05, 4.69) is 5.32 Å². The number of ether oxygens (including phenoxy) is 2. The molecule has 0 aliphatic rings. The number of hydrogen-bond donors (Lipinski definition) is 2. The number of benzene rings is 1. The highest BCUT2D eigenvalue weighted by molar-refractivity contribution is 5.76. The second-order valence-corrected chi connectivity index (χ2v) is 3.69. The van der Waals surface area contributed by atoms with Gasteiger partial charge in [0.2, 0.25) is 6.41 Å². The lowest BCUT2D eigenvalue weighted by Gasteiger charge is -2.14. The van der Waals surface area contributed by atoms with E-state index in [0.717, 1.165) is 0 Å². The second kappa shape index (κ2) is 7.97. The monoisotopic (exact) mass is 267 g/mol. The van der Waals surface area contributed by atoms with Crippen LogP contribution in [0.1, 0.15) is 13.3 Å². The Balaban J connectivity index is 2.52. The number of carbonyl (C=O) groups is 2. The summed E-state index contributed by atoms with van der Waals surface area (Å²) < 4.78 is 10.8. The highest BCUT2D eigenvalue weighted by Gasteiger charge is 2.16. The van der Waals surface area contributed by atoms with Crippen molar-refractivity contribution in [3.05, 3.63) is 24.3 Å².